The molecule has 0 radical (unpaired) electrons. The molecule has 90 valence electrons. The summed E-state index contributed by atoms with van der Waals surface area (Å²) in [6, 6.07) is 3.73. The van der Waals surface area contributed by atoms with Gasteiger partial charge in [0.2, 0.25) is 5.65 Å². The first-order valence-electron chi connectivity index (χ1n) is 5.29. The molecule has 0 aliphatic heterocycles. The van der Waals surface area contributed by atoms with Crippen LogP contribution in [0.3, 0.4) is 0 Å². The van der Waals surface area contributed by atoms with Crippen molar-refractivity contribution in [2.45, 2.75) is 0 Å². The number of aliphatic imine (C=N–C) groups is 1. The van der Waals surface area contributed by atoms with Crippen LogP contribution in [0.4, 0.5) is 5.82 Å². The van der Waals surface area contributed by atoms with E-state index >= 15 is 0 Å². The number of hydrogen-bond acceptors (Lipinski definition) is 6. The zero-order chi connectivity index (χ0) is 12.5. The predicted octanol–water partition coefficient (Wildman–Crippen LogP) is 0.289. The Morgan fingerprint density at radius 2 is 2.28 bits per heavy atom. The minimum Gasteiger partial charge on any atom is -0.369 e. The number of nitrogens with zero attached hydrogens (tertiary/aromatic N) is 8. The molecule has 0 atom stereocenters. The van der Waals surface area contributed by atoms with Gasteiger partial charge in [-0.3, -0.25) is 4.98 Å². The fourth-order valence-corrected chi connectivity index (χ4v) is 1.57. The molecular formula is C10H10N8. The van der Waals surface area contributed by atoms with Crippen LogP contribution < -0.4 is 0 Å². The van der Waals surface area contributed by atoms with Crippen molar-refractivity contribution in [1.82, 2.24) is 35.1 Å². The second-order valence-corrected chi connectivity index (χ2v) is 3.92. The van der Waals surface area contributed by atoms with E-state index in [4.69, 9.17) is 0 Å². The fourth-order valence-electron chi connectivity index (χ4n) is 1.57. The van der Waals surface area contributed by atoms with Crippen LogP contribution in [0.2, 0.25) is 0 Å². The molecule has 0 bridgehead atoms. The van der Waals surface area contributed by atoms with Crippen molar-refractivity contribution in [3.8, 4) is 0 Å². The first-order chi connectivity index (χ1) is 8.75. The lowest BCUT2D eigenvalue weighted by molar-refractivity contribution is 0.642. The summed E-state index contributed by atoms with van der Waals surface area (Å²) in [5.74, 6) is 0.534. The van der Waals surface area contributed by atoms with Crippen molar-refractivity contribution in [2.24, 2.45) is 4.99 Å². The van der Waals surface area contributed by atoms with Crippen LogP contribution in [-0.4, -0.2) is 55.6 Å². The number of aromatic nitrogens is 6. The van der Waals surface area contributed by atoms with Gasteiger partial charge in [0.15, 0.2) is 5.82 Å². The summed E-state index contributed by atoms with van der Waals surface area (Å²) >= 11 is 0. The van der Waals surface area contributed by atoms with Crippen LogP contribution >= 0.6 is 0 Å². The van der Waals surface area contributed by atoms with Crippen molar-refractivity contribution in [2.75, 3.05) is 14.1 Å². The average molecular weight is 242 g/mol. The molecule has 18 heavy (non-hydrogen) atoms. The van der Waals surface area contributed by atoms with Gasteiger partial charge in [0.25, 0.3) is 0 Å². The second kappa shape index (κ2) is 3.99. The molecule has 0 unspecified atom stereocenters. The fraction of sp³-hybridized carbons (Fsp3) is 0.200. The number of tetrazole rings is 1. The summed E-state index contributed by atoms with van der Waals surface area (Å²) in [4.78, 5) is 10.4. The van der Waals surface area contributed by atoms with E-state index in [-0.39, 0.29) is 0 Å². The summed E-state index contributed by atoms with van der Waals surface area (Å²) in [5.41, 5.74) is 1.21. The summed E-state index contributed by atoms with van der Waals surface area (Å²) in [6.07, 6.45) is 3.36. The molecule has 0 saturated carbocycles. The lowest BCUT2D eigenvalue weighted by Gasteiger charge is -2.04. The molecule has 0 spiro atoms. The Morgan fingerprint density at radius 3 is 3.11 bits per heavy atom. The van der Waals surface area contributed by atoms with E-state index in [2.05, 4.69) is 30.6 Å². The molecule has 0 aliphatic carbocycles. The summed E-state index contributed by atoms with van der Waals surface area (Å²) in [6.45, 7) is 0. The number of fused-ring (bicyclic) bond motifs is 3. The molecule has 3 rings (SSSR count). The van der Waals surface area contributed by atoms with Crippen LogP contribution in [0.15, 0.2) is 23.3 Å². The highest BCUT2D eigenvalue weighted by atomic mass is 15.6. The van der Waals surface area contributed by atoms with E-state index in [0.29, 0.717) is 17.0 Å². The molecule has 0 aliphatic rings. The average Bonchev–Trinajstić information content (AvgIpc) is 2.84. The van der Waals surface area contributed by atoms with E-state index in [1.807, 2.05) is 31.1 Å². The van der Waals surface area contributed by atoms with Crippen LogP contribution in [0.5, 0.6) is 0 Å². The Labute approximate surface area is 102 Å². The van der Waals surface area contributed by atoms with Crippen molar-refractivity contribution >= 4 is 28.7 Å². The Kier molecular flexibility index (Phi) is 2.33. The molecule has 3 heterocycles. The minimum atomic E-state index is 0.523. The highest BCUT2D eigenvalue weighted by Gasteiger charge is 2.10. The van der Waals surface area contributed by atoms with Gasteiger partial charge in [-0.25, -0.2) is 4.99 Å². The van der Waals surface area contributed by atoms with E-state index in [9.17, 15) is 0 Å². The number of hydrogen-bond donors (Lipinski definition) is 0. The van der Waals surface area contributed by atoms with Crippen LogP contribution in [0.1, 0.15) is 0 Å². The third-order valence-electron chi connectivity index (χ3n) is 2.31. The van der Waals surface area contributed by atoms with Crippen molar-refractivity contribution in [3.63, 3.8) is 0 Å². The molecule has 8 nitrogen and oxygen atoms in total. The highest BCUT2D eigenvalue weighted by Crippen LogP contribution is 2.23. The van der Waals surface area contributed by atoms with Crippen LogP contribution in [0, 0.1) is 0 Å². The maximum absolute atomic E-state index is 4.30. The van der Waals surface area contributed by atoms with Crippen molar-refractivity contribution in [1.29, 1.82) is 0 Å². The quantitative estimate of drug-likeness (QED) is 0.474. The lowest BCUT2D eigenvalue weighted by atomic mass is 10.3. The SMILES string of the molecule is CN(C)C=Nc1nn2nnnc2c2ncccc12. The van der Waals surface area contributed by atoms with Crippen LogP contribution in [-0.2, 0) is 0 Å². The summed E-state index contributed by atoms with van der Waals surface area (Å²) < 4.78 is 1.33. The van der Waals surface area contributed by atoms with Gasteiger partial charge in [-0.1, -0.05) is 0 Å². The Bertz CT molecular complexity index is 729. The number of rotatable bonds is 2. The molecule has 8 heteroatoms. The first-order valence-corrected chi connectivity index (χ1v) is 5.29. The molecule has 0 fully saturated rings. The summed E-state index contributed by atoms with van der Waals surface area (Å²) in [5, 5.41) is 16.3. The molecule has 3 aromatic heterocycles. The Balaban J connectivity index is 2.33. The van der Waals surface area contributed by atoms with Gasteiger partial charge in [0, 0.05) is 20.3 Å². The monoisotopic (exact) mass is 242 g/mol. The molecule has 3 aromatic rings. The van der Waals surface area contributed by atoms with Crippen molar-refractivity contribution < 1.29 is 0 Å². The zero-order valence-electron chi connectivity index (χ0n) is 9.89. The molecule has 0 saturated heterocycles. The van der Waals surface area contributed by atoms with Gasteiger partial charge in [-0.15, -0.1) is 14.8 Å². The smallest absolute Gasteiger partial charge is 0.226 e. The van der Waals surface area contributed by atoms with Crippen LogP contribution in [0.25, 0.3) is 16.6 Å². The van der Waals surface area contributed by atoms with Gasteiger partial charge in [-0.05, 0) is 22.6 Å². The third-order valence-corrected chi connectivity index (χ3v) is 2.31. The minimum absolute atomic E-state index is 0.523. The third kappa shape index (κ3) is 1.63. The lowest BCUT2D eigenvalue weighted by Crippen LogP contribution is -2.07. The molecule has 0 N–H and O–H groups in total. The van der Waals surface area contributed by atoms with Crippen molar-refractivity contribution in [3.05, 3.63) is 18.3 Å². The Hall–Kier alpha value is -2.64. The van der Waals surface area contributed by atoms with Gasteiger partial charge < -0.3 is 4.90 Å². The maximum atomic E-state index is 4.30. The summed E-state index contributed by atoms with van der Waals surface area (Å²) in [7, 11) is 3.78. The van der Waals surface area contributed by atoms with Gasteiger partial charge in [-0.2, -0.15) is 0 Å². The van der Waals surface area contributed by atoms with E-state index in [1.165, 1.54) is 4.63 Å². The molecule has 0 amide bonds. The predicted molar refractivity (Wildman–Crippen MR) is 65.7 cm³/mol. The topological polar surface area (TPSA) is 84.5 Å². The van der Waals surface area contributed by atoms with Gasteiger partial charge >= 0.3 is 0 Å². The molecule has 0 aromatic carbocycles. The Morgan fingerprint density at radius 1 is 1.39 bits per heavy atom. The maximum Gasteiger partial charge on any atom is 0.226 e. The standard InChI is InChI=1S/C10H10N8/c1-17(2)6-12-9-7-4-3-5-11-8(7)10-13-15-16-18(10)14-9/h3-6H,1-2H3. The first kappa shape index (κ1) is 10.5. The largest absolute Gasteiger partial charge is 0.369 e. The van der Waals surface area contributed by atoms with E-state index in [0.717, 1.165) is 5.39 Å². The highest BCUT2D eigenvalue weighted by molar-refractivity contribution is 5.96. The van der Waals surface area contributed by atoms with E-state index in [1.54, 1.807) is 12.5 Å². The molecular weight excluding hydrogens is 232 g/mol. The zero-order valence-corrected chi connectivity index (χ0v) is 9.89. The second-order valence-electron chi connectivity index (χ2n) is 3.92. The normalized spacial score (nSPS) is 11.7. The number of pyridine rings is 1. The van der Waals surface area contributed by atoms with Gasteiger partial charge in [0.05, 0.1) is 11.7 Å². The van der Waals surface area contributed by atoms with Gasteiger partial charge in [0.1, 0.15) is 5.52 Å². The van der Waals surface area contributed by atoms with E-state index < -0.39 is 0 Å².